The predicted octanol–water partition coefficient (Wildman–Crippen LogP) is 4.30. The summed E-state index contributed by atoms with van der Waals surface area (Å²) in [5, 5.41) is 2.97. The van der Waals surface area contributed by atoms with Crippen LogP contribution in [0, 0.1) is 0 Å². The number of carbonyl (C=O) groups excluding carboxylic acids is 1. The first-order chi connectivity index (χ1) is 14.4. The van der Waals surface area contributed by atoms with Crippen LogP contribution in [0.3, 0.4) is 0 Å². The smallest absolute Gasteiger partial charge is 0.261 e. The van der Waals surface area contributed by atoms with Crippen LogP contribution < -0.4 is 10.0 Å². The molecule has 2 aromatic rings. The number of thioether (sulfide) groups is 1. The zero-order valence-electron chi connectivity index (χ0n) is 17.1. The van der Waals surface area contributed by atoms with Crippen LogP contribution in [-0.2, 0) is 21.4 Å². The fraction of sp³-hybridized carbons (Fsp3) is 0.409. The van der Waals surface area contributed by atoms with Gasteiger partial charge in [-0.1, -0.05) is 25.5 Å². The minimum absolute atomic E-state index is 0.0967. The molecule has 0 radical (unpaired) electrons. The van der Waals surface area contributed by atoms with Crippen LogP contribution in [0.15, 0.2) is 52.3 Å². The fourth-order valence-electron chi connectivity index (χ4n) is 3.87. The number of hydrogen-bond donors (Lipinski definition) is 2. The van der Waals surface area contributed by atoms with Crippen molar-refractivity contribution in [2.45, 2.75) is 54.2 Å². The lowest BCUT2D eigenvalue weighted by Crippen LogP contribution is -2.29. The molecular weight excluding hydrogens is 418 g/mol. The molecule has 6 nitrogen and oxygen atoms in total. The Hall–Kier alpha value is -2.03. The molecule has 1 saturated heterocycles. The highest BCUT2D eigenvalue weighted by atomic mass is 32.2. The number of sulfonamides is 1. The quantitative estimate of drug-likeness (QED) is 0.718. The normalized spacial score (nSPS) is 20.2. The number of likely N-dealkylation sites (tertiary alicyclic amines) is 1. The van der Waals surface area contributed by atoms with E-state index in [4.69, 9.17) is 0 Å². The lowest BCUT2D eigenvalue weighted by Gasteiger charge is -2.26. The Morgan fingerprint density at radius 2 is 1.83 bits per heavy atom. The molecule has 0 bridgehead atoms. The molecule has 2 N–H and O–H groups in total. The van der Waals surface area contributed by atoms with Gasteiger partial charge >= 0.3 is 0 Å². The van der Waals surface area contributed by atoms with Crippen LogP contribution in [0.25, 0.3) is 0 Å². The van der Waals surface area contributed by atoms with Crippen LogP contribution in [0.4, 0.5) is 11.4 Å². The summed E-state index contributed by atoms with van der Waals surface area (Å²) in [5.41, 5.74) is 2.26. The molecule has 0 spiro atoms. The molecule has 4 rings (SSSR count). The van der Waals surface area contributed by atoms with Crippen molar-refractivity contribution < 1.29 is 13.2 Å². The highest BCUT2D eigenvalue weighted by Crippen LogP contribution is 2.36. The van der Waals surface area contributed by atoms with Crippen molar-refractivity contribution in [2.24, 2.45) is 0 Å². The zero-order chi connectivity index (χ0) is 21.1. The Morgan fingerprint density at radius 3 is 2.57 bits per heavy atom. The van der Waals surface area contributed by atoms with E-state index in [1.165, 1.54) is 30.9 Å². The standard InChI is InChI=1S/C22H27N3O3S2/c1-16-13-22(26)23-20-14-19(9-10-21(20)29-16)30(27,28)24-18-7-5-17(6-8-18)15-25-11-3-2-4-12-25/h5-10,14,16,24H,2-4,11-13,15H2,1H3,(H,23,26). The molecule has 2 aromatic carbocycles. The zero-order valence-corrected chi connectivity index (χ0v) is 18.7. The number of fused-ring (bicyclic) bond motifs is 1. The summed E-state index contributed by atoms with van der Waals surface area (Å²) in [6, 6.07) is 12.4. The summed E-state index contributed by atoms with van der Waals surface area (Å²) in [6.07, 6.45) is 4.21. The molecule has 30 heavy (non-hydrogen) atoms. The third-order valence-electron chi connectivity index (χ3n) is 5.40. The van der Waals surface area contributed by atoms with Crippen molar-refractivity contribution >= 4 is 39.1 Å². The van der Waals surface area contributed by atoms with Crippen molar-refractivity contribution in [3.8, 4) is 0 Å². The molecule has 1 fully saturated rings. The molecule has 0 saturated carbocycles. The molecule has 2 aliphatic rings. The minimum atomic E-state index is -3.75. The van der Waals surface area contributed by atoms with Crippen LogP contribution in [-0.4, -0.2) is 37.6 Å². The average Bonchev–Trinajstić information content (AvgIpc) is 2.85. The van der Waals surface area contributed by atoms with E-state index in [9.17, 15) is 13.2 Å². The van der Waals surface area contributed by atoms with E-state index >= 15 is 0 Å². The number of anilines is 2. The van der Waals surface area contributed by atoms with Crippen molar-refractivity contribution in [3.05, 3.63) is 48.0 Å². The molecule has 2 aliphatic heterocycles. The Labute approximate surface area is 182 Å². The Kier molecular flexibility index (Phi) is 6.36. The summed E-state index contributed by atoms with van der Waals surface area (Å²) < 4.78 is 28.4. The van der Waals surface area contributed by atoms with E-state index in [1.54, 1.807) is 36.0 Å². The number of piperidine rings is 1. The third kappa shape index (κ3) is 5.17. The van der Waals surface area contributed by atoms with E-state index in [1.807, 2.05) is 19.1 Å². The maximum Gasteiger partial charge on any atom is 0.261 e. The van der Waals surface area contributed by atoms with Crippen LogP contribution in [0.1, 0.15) is 38.2 Å². The van der Waals surface area contributed by atoms with Gasteiger partial charge in [-0.3, -0.25) is 14.4 Å². The van der Waals surface area contributed by atoms with Gasteiger partial charge in [0.05, 0.1) is 10.6 Å². The van der Waals surface area contributed by atoms with Gasteiger partial charge in [0.25, 0.3) is 10.0 Å². The molecule has 1 amide bonds. The second-order valence-electron chi connectivity index (χ2n) is 7.98. The van der Waals surface area contributed by atoms with Crippen molar-refractivity contribution in [1.82, 2.24) is 4.90 Å². The van der Waals surface area contributed by atoms with Gasteiger partial charge in [-0.25, -0.2) is 8.42 Å². The number of carbonyl (C=O) groups is 1. The number of hydrogen-bond acceptors (Lipinski definition) is 5. The largest absolute Gasteiger partial charge is 0.325 e. The fourth-order valence-corrected chi connectivity index (χ4v) is 6.00. The lowest BCUT2D eigenvalue weighted by atomic mass is 10.1. The Balaban J connectivity index is 1.47. The van der Waals surface area contributed by atoms with E-state index in [0.717, 1.165) is 24.5 Å². The van der Waals surface area contributed by atoms with Crippen molar-refractivity contribution in [1.29, 1.82) is 0 Å². The Bertz CT molecular complexity index is 1020. The first-order valence-corrected chi connectivity index (χ1v) is 12.7. The van der Waals surface area contributed by atoms with Gasteiger partial charge in [-0.2, -0.15) is 0 Å². The van der Waals surface area contributed by atoms with Crippen molar-refractivity contribution in [2.75, 3.05) is 23.1 Å². The minimum Gasteiger partial charge on any atom is -0.325 e. The monoisotopic (exact) mass is 445 g/mol. The summed E-state index contributed by atoms with van der Waals surface area (Å²) in [5.74, 6) is -0.0967. The SMILES string of the molecule is CC1CC(=O)Nc2cc(S(=O)(=O)Nc3ccc(CN4CCCCC4)cc3)ccc2S1. The van der Waals surface area contributed by atoms with Gasteiger partial charge in [0, 0.05) is 28.8 Å². The Morgan fingerprint density at radius 1 is 1.10 bits per heavy atom. The van der Waals surface area contributed by atoms with Crippen LogP contribution in [0.5, 0.6) is 0 Å². The summed E-state index contributed by atoms with van der Waals surface area (Å²) in [7, 11) is -3.75. The molecule has 2 heterocycles. The number of amides is 1. The van der Waals surface area contributed by atoms with Gasteiger partial charge in [0.1, 0.15) is 0 Å². The highest BCUT2D eigenvalue weighted by molar-refractivity contribution is 8.00. The predicted molar refractivity (Wildman–Crippen MR) is 121 cm³/mol. The first-order valence-electron chi connectivity index (χ1n) is 10.3. The molecule has 1 atom stereocenters. The van der Waals surface area contributed by atoms with E-state index in [-0.39, 0.29) is 16.1 Å². The van der Waals surface area contributed by atoms with E-state index in [2.05, 4.69) is 14.9 Å². The third-order valence-corrected chi connectivity index (χ3v) is 7.96. The second kappa shape index (κ2) is 8.99. The molecule has 160 valence electrons. The maximum absolute atomic E-state index is 12.9. The van der Waals surface area contributed by atoms with E-state index < -0.39 is 10.0 Å². The highest BCUT2D eigenvalue weighted by Gasteiger charge is 2.22. The summed E-state index contributed by atoms with van der Waals surface area (Å²) in [6.45, 7) is 5.13. The molecule has 0 aliphatic carbocycles. The average molecular weight is 446 g/mol. The van der Waals surface area contributed by atoms with Crippen LogP contribution in [0.2, 0.25) is 0 Å². The van der Waals surface area contributed by atoms with Gasteiger partial charge in [0.2, 0.25) is 5.91 Å². The summed E-state index contributed by atoms with van der Waals surface area (Å²) in [4.78, 5) is 15.4. The van der Waals surface area contributed by atoms with Gasteiger partial charge < -0.3 is 5.32 Å². The maximum atomic E-state index is 12.9. The molecular formula is C22H27N3O3S2. The number of rotatable bonds is 5. The number of benzene rings is 2. The lowest BCUT2D eigenvalue weighted by molar-refractivity contribution is -0.116. The molecule has 8 heteroatoms. The molecule has 1 unspecified atom stereocenters. The number of nitrogens with one attached hydrogen (secondary N) is 2. The number of nitrogens with zero attached hydrogens (tertiary/aromatic N) is 1. The topological polar surface area (TPSA) is 78.5 Å². The first kappa shape index (κ1) is 21.2. The van der Waals surface area contributed by atoms with Gasteiger partial charge in [-0.05, 0) is 61.8 Å². The van der Waals surface area contributed by atoms with Crippen molar-refractivity contribution in [3.63, 3.8) is 0 Å². The van der Waals surface area contributed by atoms with Crippen LogP contribution >= 0.6 is 11.8 Å². The molecule has 0 aromatic heterocycles. The van der Waals surface area contributed by atoms with Gasteiger partial charge in [-0.15, -0.1) is 11.8 Å². The van der Waals surface area contributed by atoms with E-state index in [0.29, 0.717) is 17.8 Å². The second-order valence-corrected chi connectivity index (χ2v) is 11.1. The summed E-state index contributed by atoms with van der Waals surface area (Å²) >= 11 is 1.57. The van der Waals surface area contributed by atoms with Gasteiger partial charge in [0.15, 0.2) is 0 Å².